The molecule has 0 aliphatic heterocycles. The summed E-state index contributed by atoms with van der Waals surface area (Å²) in [5.74, 6) is -1.21. The fourth-order valence-corrected chi connectivity index (χ4v) is 3.79. The Morgan fingerprint density at radius 2 is 1.93 bits per heavy atom. The number of ether oxygens (including phenoxy) is 1. The Hall–Kier alpha value is -1.27. The molecular weight excluding hydrogens is 389 g/mol. The van der Waals surface area contributed by atoms with Gasteiger partial charge in [0.1, 0.15) is 11.1 Å². The van der Waals surface area contributed by atoms with Crippen LogP contribution in [-0.4, -0.2) is 23.2 Å². The van der Waals surface area contributed by atoms with Gasteiger partial charge in [-0.05, 0) is 37.8 Å². The van der Waals surface area contributed by atoms with Gasteiger partial charge in [-0.1, -0.05) is 45.7 Å². The molecule has 0 radical (unpaired) electrons. The van der Waals surface area contributed by atoms with Gasteiger partial charge in [-0.3, -0.25) is 9.59 Å². The third kappa shape index (κ3) is 8.52. The van der Waals surface area contributed by atoms with E-state index in [-0.39, 0.29) is 40.5 Å². The molecule has 0 aliphatic carbocycles. The van der Waals surface area contributed by atoms with Crippen molar-refractivity contribution < 1.29 is 18.7 Å². The highest BCUT2D eigenvalue weighted by Crippen LogP contribution is 2.36. The molecule has 1 N–H and O–H groups in total. The molecule has 4 nitrogen and oxygen atoms in total. The summed E-state index contributed by atoms with van der Waals surface area (Å²) >= 11 is 7.40. The van der Waals surface area contributed by atoms with Gasteiger partial charge in [0.2, 0.25) is 5.91 Å². The molecule has 0 bridgehead atoms. The highest BCUT2D eigenvalue weighted by Gasteiger charge is 2.24. The molecule has 0 aliphatic rings. The molecule has 0 spiro atoms. The van der Waals surface area contributed by atoms with Crippen molar-refractivity contribution in [2.75, 3.05) is 5.32 Å². The molecule has 27 heavy (non-hydrogen) atoms. The first-order valence-electron chi connectivity index (χ1n) is 9.09. The van der Waals surface area contributed by atoms with Crippen LogP contribution in [0.5, 0.6) is 0 Å². The van der Waals surface area contributed by atoms with Gasteiger partial charge in [0, 0.05) is 11.3 Å². The van der Waals surface area contributed by atoms with Crippen LogP contribution in [0.15, 0.2) is 17.0 Å². The van der Waals surface area contributed by atoms with Gasteiger partial charge >= 0.3 is 5.97 Å². The fraction of sp³-hybridized carbons (Fsp3) is 0.600. The molecule has 1 amide bonds. The van der Waals surface area contributed by atoms with Crippen molar-refractivity contribution in [1.82, 2.24) is 0 Å². The predicted molar refractivity (Wildman–Crippen MR) is 110 cm³/mol. The van der Waals surface area contributed by atoms with Gasteiger partial charge in [-0.25, -0.2) is 4.39 Å². The minimum atomic E-state index is -0.608. The number of anilines is 1. The van der Waals surface area contributed by atoms with E-state index in [0.29, 0.717) is 11.3 Å². The lowest BCUT2D eigenvalue weighted by Crippen LogP contribution is -2.23. The van der Waals surface area contributed by atoms with Crippen LogP contribution in [-0.2, 0) is 14.3 Å². The monoisotopic (exact) mass is 417 g/mol. The van der Waals surface area contributed by atoms with Crippen molar-refractivity contribution in [3.63, 3.8) is 0 Å². The molecule has 1 unspecified atom stereocenters. The largest absolute Gasteiger partial charge is 0.462 e. The van der Waals surface area contributed by atoms with Crippen LogP contribution in [0.4, 0.5) is 10.1 Å². The van der Waals surface area contributed by atoms with E-state index in [0.717, 1.165) is 12.5 Å². The number of carbonyl (C=O) groups excluding carboxylic acids is 2. The van der Waals surface area contributed by atoms with Crippen LogP contribution in [0.3, 0.4) is 0 Å². The zero-order chi connectivity index (χ0) is 20.8. The Kier molecular flexibility index (Phi) is 9.09. The summed E-state index contributed by atoms with van der Waals surface area (Å²) in [5, 5.41) is 2.35. The number of hydrogen-bond acceptors (Lipinski definition) is 4. The molecule has 1 aromatic carbocycles. The lowest BCUT2D eigenvalue weighted by molar-refractivity contribution is -0.146. The summed E-state index contributed by atoms with van der Waals surface area (Å²) in [6.45, 7) is 11.4. The molecule has 0 heterocycles. The van der Waals surface area contributed by atoms with E-state index in [1.807, 2.05) is 27.7 Å². The second-order valence-electron chi connectivity index (χ2n) is 7.93. The summed E-state index contributed by atoms with van der Waals surface area (Å²) in [6, 6.07) is 2.64. The van der Waals surface area contributed by atoms with Gasteiger partial charge in [-0.2, -0.15) is 0 Å². The van der Waals surface area contributed by atoms with Crippen molar-refractivity contribution in [3.8, 4) is 0 Å². The first kappa shape index (κ1) is 23.8. The Bertz CT molecular complexity index is 674. The van der Waals surface area contributed by atoms with Crippen molar-refractivity contribution >= 4 is 40.9 Å². The Balaban J connectivity index is 3.02. The smallest absolute Gasteiger partial charge is 0.319 e. The maximum Gasteiger partial charge on any atom is 0.319 e. The van der Waals surface area contributed by atoms with Crippen LogP contribution in [0.25, 0.3) is 0 Å². The van der Waals surface area contributed by atoms with Crippen molar-refractivity contribution in [1.29, 1.82) is 0 Å². The molecule has 1 atom stereocenters. The first-order valence-corrected chi connectivity index (χ1v) is 10.3. The summed E-state index contributed by atoms with van der Waals surface area (Å²) in [5.41, 5.74) is -0.152. The minimum Gasteiger partial charge on any atom is -0.462 e. The maximum atomic E-state index is 14.2. The van der Waals surface area contributed by atoms with Crippen LogP contribution in [0, 0.1) is 11.2 Å². The third-order valence-electron chi connectivity index (χ3n) is 3.42. The fourth-order valence-electron chi connectivity index (χ4n) is 2.34. The average molecular weight is 418 g/mol. The Labute approximate surface area is 170 Å². The Morgan fingerprint density at radius 1 is 1.30 bits per heavy atom. The highest BCUT2D eigenvalue weighted by molar-refractivity contribution is 8.00. The van der Waals surface area contributed by atoms with E-state index in [9.17, 15) is 14.0 Å². The molecule has 1 rings (SSSR count). The maximum absolute atomic E-state index is 14.2. The number of carbonyl (C=O) groups is 2. The van der Waals surface area contributed by atoms with E-state index in [1.54, 1.807) is 13.8 Å². The number of nitrogens with one attached hydrogen (secondary N) is 1. The number of rotatable bonds is 8. The zero-order valence-corrected chi connectivity index (χ0v) is 18.4. The molecule has 152 valence electrons. The molecule has 0 saturated heterocycles. The highest BCUT2D eigenvalue weighted by atomic mass is 35.5. The summed E-state index contributed by atoms with van der Waals surface area (Å²) in [6.07, 6.45) is 1.44. The van der Waals surface area contributed by atoms with Crippen molar-refractivity contribution in [2.45, 2.75) is 77.1 Å². The lowest BCUT2D eigenvalue weighted by atomic mass is 9.92. The molecule has 0 saturated carbocycles. The molecular formula is C20H29ClFNO3S. The standard InChI is InChI=1S/C20H29ClFNO3S/c1-7-8-16(19(25)26-12(2)3)27-17-10-15(14(22)9-13(17)21)23-18(24)11-20(4,5)6/h9-10,12,16H,7-8,11H2,1-6H3,(H,23,24). The van der Waals surface area contributed by atoms with Crippen LogP contribution in [0.2, 0.25) is 5.02 Å². The van der Waals surface area contributed by atoms with E-state index in [2.05, 4.69) is 5.32 Å². The molecule has 7 heteroatoms. The van der Waals surface area contributed by atoms with Gasteiger partial charge in [0.15, 0.2) is 0 Å². The number of benzene rings is 1. The molecule has 0 fully saturated rings. The first-order chi connectivity index (χ1) is 12.4. The second kappa shape index (κ2) is 10.3. The number of esters is 1. The van der Waals surface area contributed by atoms with E-state index >= 15 is 0 Å². The van der Waals surface area contributed by atoms with Crippen molar-refractivity contribution in [3.05, 3.63) is 23.0 Å². The van der Waals surface area contributed by atoms with E-state index in [1.165, 1.54) is 17.8 Å². The lowest BCUT2D eigenvalue weighted by Gasteiger charge is -2.19. The number of halogens is 2. The minimum absolute atomic E-state index is 0.0589. The molecule has 1 aromatic rings. The van der Waals surface area contributed by atoms with Gasteiger partial charge in [0.25, 0.3) is 0 Å². The zero-order valence-electron chi connectivity index (χ0n) is 16.8. The van der Waals surface area contributed by atoms with E-state index in [4.69, 9.17) is 16.3 Å². The van der Waals surface area contributed by atoms with Crippen LogP contribution in [0.1, 0.15) is 60.8 Å². The summed E-state index contributed by atoms with van der Waals surface area (Å²) in [7, 11) is 0. The average Bonchev–Trinajstić information content (AvgIpc) is 2.48. The number of hydrogen-bond donors (Lipinski definition) is 1. The summed E-state index contributed by atoms with van der Waals surface area (Å²) in [4.78, 5) is 25.0. The number of thioether (sulfide) groups is 1. The second-order valence-corrected chi connectivity index (χ2v) is 9.58. The Morgan fingerprint density at radius 3 is 2.44 bits per heavy atom. The van der Waals surface area contributed by atoms with E-state index < -0.39 is 11.1 Å². The SMILES string of the molecule is CCCC(Sc1cc(NC(=O)CC(C)(C)C)c(F)cc1Cl)C(=O)OC(C)C. The molecule has 0 aromatic heterocycles. The third-order valence-corrected chi connectivity index (χ3v) is 5.15. The topological polar surface area (TPSA) is 55.4 Å². The quantitative estimate of drug-likeness (QED) is 0.412. The van der Waals surface area contributed by atoms with Gasteiger partial charge < -0.3 is 10.1 Å². The predicted octanol–water partition coefficient (Wildman–Crippen LogP) is 6.07. The number of amides is 1. The normalized spacial score (nSPS) is 12.8. The van der Waals surface area contributed by atoms with Crippen LogP contribution < -0.4 is 5.32 Å². The van der Waals surface area contributed by atoms with Crippen LogP contribution >= 0.6 is 23.4 Å². The summed E-state index contributed by atoms with van der Waals surface area (Å²) < 4.78 is 19.5. The van der Waals surface area contributed by atoms with Gasteiger partial charge in [-0.15, -0.1) is 11.8 Å². The van der Waals surface area contributed by atoms with Gasteiger partial charge in [0.05, 0.1) is 16.8 Å². The van der Waals surface area contributed by atoms with Crippen molar-refractivity contribution in [2.24, 2.45) is 5.41 Å².